The summed E-state index contributed by atoms with van der Waals surface area (Å²) in [5, 5.41) is 5.52. The number of hydrogen-bond acceptors (Lipinski definition) is 4. The molecule has 1 heterocycles. The minimum Gasteiger partial charge on any atom is -0.339 e. The van der Waals surface area contributed by atoms with Crippen LogP contribution in [-0.4, -0.2) is 67.9 Å². The van der Waals surface area contributed by atoms with Gasteiger partial charge in [-0.05, 0) is 19.2 Å². The van der Waals surface area contributed by atoms with Gasteiger partial charge in [0, 0.05) is 32.2 Å². The Hall–Kier alpha value is -2.06. The van der Waals surface area contributed by atoms with Crippen molar-refractivity contribution in [2.45, 2.75) is 0 Å². The van der Waals surface area contributed by atoms with Crippen molar-refractivity contribution in [3.8, 4) is 0 Å². The molecule has 2 rings (SSSR count). The zero-order valence-corrected chi connectivity index (χ0v) is 12.9. The molecule has 0 aromatic heterocycles. The Labute approximate surface area is 133 Å². The molecule has 126 valence electrons. The van der Waals surface area contributed by atoms with E-state index in [0.29, 0.717) is 19.2 Å². The van der Waals surface area contributed by atoms with E-state index in [0.717, 1.165) is 25.2 Å². The van der Waals surface area contributed by atoms with E-state index in [-0.39, 0.29) is 24.7 Å². The van der Waals surface area contributed by atoms with E-state index < -0.39 is 17.5 Å². The molecule has 23 heavy (non-hydrogen) atoms. The molecule has 1 aliphatic heterocycles. The minimum atomic E-state index is -0.835. The van der Waals surface area contributed by atoms with Gasteiger partial charge in [-0.2, -0.15) is 0 Å². The fourth-order valence-corrected chi connectivity index (χ4v) is 2.33. The zero-order valence-electron chi connectivity index (χ0n) is 12.9. The predicted octanol–water partition coefficient (Wildman–Crippen LogP) is 0.267. The van der Waals surface area contributed by atoms with Crippen LogP contribution in [0, 0.1) is 11.6 Å². The largest absolute Gasteiger partial charge is 0.339 e. The van der Waals surface area contributed by atoms with Crippen LogP contribution < -0.4 is 10.6 Å². The Morgan fingerprint density at radius 2 is 1.96 bits per heavy atom. The quantitative estimate of drug-likeness (QED) is 0.815. The summed E-state index contributed by atoms with van der Waals surface area (Å²) < 4.78 is 26.3. The van der Waals surface area contributed by atoms with E-state index in [1.807, 2.05) is 0 Å². The molecule has 1 aliphatic rings. The highest BCUT2D eigenvalue weighted by Crippen LogP contribution is 2.14. The zero-order chi connectivity index (χ0) is 16.8. The molecule has 2 N–H and O–H groups in total. The van der Waals surface area contributed by atoms with Crippen LogP contribution in [0.3, 0.4) is 0 Å². The maximum Gasteiger partial charge on any atom is 0.238 e. The number of piperazine rings is 1. The molecule has 0 bridgehead atoms. The summed E-state index contributed by atoms with van der Waals surface area (Å²) >= 11 is 0. The Kier molecular flexibility index (Phi) is 6.00. The molecule has 1 aromatic rings. The first kappa shape index (κ1) is 17.3. The van der Waals surface area contributed by atoms with Crippen molar-refractivity contribution in [3.05, 3.63) is 29.8 Å². The lowest BCUT2D eigenvalue weighted by Crippen LogP contribution is -2.49. The van der Waals surface area contributed by atoms with Crippen molar-refractivity contribution >= 4 is 17.5 Å². The lowest BCUT2D eigenvalue weighted by Gasteiger charge is -2.29. The maximum absolute atomic E-state index is 13.5. The van der Waals surface area contributed by atoms with Crippen molar-refractivity contribution in [3.63, 3.8) is 0 Å². The number of hydrogen-bond donors (Lipinski definition) is 2. The van der Waals surface area contributed by atoms with Gasteiger partial charge in [-0.25, -0.2) is 8.78 Å². The molecule has 0 saturated carbocycles. The average Bonchev–Trinajstić information content (AvgIpc) is 2.50. The van der Waals surface area contributed by atoms with E-state index >= 15 is 0 Å². The van der Waals surface area contributed by atoms with Crippen molar-refractivity contribution in [1.29, 1.82) is 0 Å². The predicted molar refractivity (Wildman–Crippen MR) is 81.9 cm³/mol. The topological polar surface area (TPSA) is 64.7 Å². The second-order valence-electron chi connectivity index (χ2n) is 5.48. The highest BCUT2D eigenvalue weighted by Gasteiger charge is 2.19. The summed E-state index contributed by atoms with van der Waals surface area (Å²) in [4.78, 5) is 27.2. The van der Waals surface area contributed by atoms with Gasteiger partial charge in [-0.1, -0.05) is 0 Å². The van der Waals surface area contributed by atoms with Crippen LogP contribution >= 0.6 is 0 Å². The molecule has 6 nitrogen and oxygen atoms in total. The number of amides is 2. The van der Waals surface area contributed by atoms with E-state index in [2.05, 4.69) is 10.6 Å². The number of halogens is 2. The number of rotatable bonds is 5. The van der Waals surface area contributed by atoms with Crippen LogP contribution in [0.2, 0.25) is 0 Å². The summed E-state index contributed by atoms with van der Waals surface area (Å²) in [5.74, 6) is -2.06. The van der Waals surface area contributed by atoms with Gasteiger partial charge < -0.3 is 15.5 Å². The average molecular weight is 326 g/mol. The first-order chi connectivity index (χ1) is 11.0. The molecule has 0 spiro atoms. The Morgan fingerprint density at radius 1 is 1.26 bits per heavy atom. The number of anilines is 1. The van der Waals surface area contributed by atoms with Gasteiger partial charge in [0.2, 0.25) is 11.8 Å². The van der Waals surface area contributed by atoms with Crippen LogP contribution in [0.1, 0.15) is 0 Å². The minimum absolute atomic E-state index is 0.0465. The number of likely N-dealkylation sites (N-methyl/N-ethyl adjacent to an activating group) is 1. The molecular formula is C15H20F2N4O2. The number of carbonyl (C=O) groups excluding carboxylic acids is 2. The van der Waals surface area contributed by atoms with Crippen LogP contribution in [0.4, 0.5) is 14.5 Å². The lowest BCUT2D eigenvalue weighted by molar-refractivity contribution is -0.133. The van der Waals surface area contributed by atoms with Crippen LogP contribution in [0.5, 0.6) is 0 Å². The fourth-order valence-electron chi connectivity index (χ4n) is 2.33. The first-order valence-corrected chi connectivity index (χ1v) is 7.37. The van der Waals surface area contributed by atoms with Gasteiger partial charge in [0.05, 0.1) is 18.8 Å². The van der Waals surface area contributed by atoms with Gasteiger partial charge in [0.25, 0.3) is 0 Å². The third kappa shape index (κ3) is 5.26. The third-order valence-corrected chi connectivity index (χ3v) is 3.49. The van der Waals surface area contributed by atoms with Gasteiger partial charge in [-0.3, -0.25) is 14.5 Å². The van der Waals surface area contributed by atoms with Crippen molar-refractivity contribution in [1.82, 2.24) is 15.1 Å². The molecule has 1 saturated heterocycles. The molecule has 1 aromatic carbocycles. The highest BCUT2D eigenvalue weighted by molar-refractivity contribution is 5.92. The summed E-state index contributed by atoms with van der Waals surface area (Å²) in [6.07, 6.45) is 0. The summed E-state index contributed by atoms with van der Waals surface area (Å²) in [6, 6.07) is 2.93. The molecule has 0 atom stereocenters. The summed E-state index contributed by atoms with van der Waals surface area (Å²) in [7, 11) is 1.64. The molecular weight excluding hydrogens is 306 g/mol. The van der Waals surface area contributed by atoms with E-state index in [4.69, 9.17) is 0 Å². The third-order valence-electron chi connectivity index (χ3n) is 3.49. The van der Waals surface area contributed by atoms with Gasteiger partial charge in [0.15, 0.2) is 0 Å². The number of carbonyl (C=O) groups is 2. The Morgan fingerprint density at radius 3 is 2.61 bits per heavy atom. The molecule has 1 fully saturated rings. The highest BCUT2D eigenvalue weighted by atomic mass is 19.1. The molecule has 8 heteroatoms. The van der Waals surface area contributed by atoms with Gasteiger partial charge >= 0.3 is 0 Å². The van der Waals surface area contributed by atoms with Crippen molar-refractivity contribution in [2.24, 2.45) is 0 Å². The monoisotopic (exact) mass is 326 g/mol. The lowest BCUT2D eigenvalue weighted by atomic mass is 10.3. The Bertz CT molecular complexity index is 577. The number of nitrogens with one attached hydrogen (secondary N) is 2. The van der Waals surface area contributed by atoms with E-state index in [1.54, 1.807) is 16.8 Å². The SMILES string of the molecule is CN(CC(=O)Nc1ccc(F)cc1F)CC(=O)N1CCNCC1. The fraction of sp³-hybridized carbons (Fsp3) is 0.467. The standard InChI is InChI=1S/C15H20F2N4O2/c1-20(10-15(23)21-6-4-18-5-7-21)9-14(22)19-13-3-2-11(16)8-12(13)17/h2-3,8,18H,4-7,9-10H2,1H3,(H,19,22). The summed E-state index contributed by atoms with van der Waals surface area (Å²) in [5.41, 5.74) is -0.0850. The first-order valence-electron chi connectivity index (χ1n) is 7.37. The number of nitrogens with zero attached hydrogens (tertiary/aromatic N) is 2. The molecule has 0 radical (unpaired) electrons. The Balaban J connectivity index is 1.81. The van der Waals surface area contributed by atoms with Gasteiger partial charge in [0.1, 0.15) is 11.6 Å². The molecule has 0 unspecified atom stereocenters. The van der Waals surface area contributed by atoms with E-state index in [9.17, 15) is 18.4 Å². The van der Waals surface area contributed by atoms with Crippen LogP contribution in [0.15, 0.2) is 18.2 Å². The second kappa shape index (κ2) is 7.98. The molecule has 0 aliphatic carbocycles. The van der Waals surface area contributed by atoms with Crippen LogP contribution in [0.25, 0.3) is 0 Å². The van der Waals surface area contributed by atoms with E-state index in [1.165, 1.54) is 0 Å². The summed E-state index contributed by atoms with van der Waals surface area (Å²) in [6.45, 7) is 2.88. The van der Waals surface area contributed by atoms with Crippen molar-refractivity contribution < 1.29 is 18.4 Å². The smallest absolute Gasteiger partial charge is 0.238 e. The van der Waals surface area contributed by atoms with Gasteiger partial charge in [-0.15, -0.1) is 0 Å². The van der Waals surface area contributed by atoms with Crippen molar-refractivity contribution in [2.75, 3.05) is 51.6 Å². The second-order valence-corrected chi connectivity index (χ2v) is 5.48. The normalized spacial score (nSPS) is 14.9. The van der Waals surface area contributed by atoms with Crippen LogP contribution in [-0.2, 0) is 9.59 Å². The maximum atomic E-state index is 13.5. The molecule has 2 amide bonds. The number of benzene rings is 1.